The van der Waals surface area contributed by atoms with Gasteiger partial charge in [-0.25, -0.2) is 0 Å². The van der Waals surface area contributed by atoms with E-state index in [2.05, 4.69) is 11.8 Å². The normalized spacial score (nSPS) is 11.2. The fraction of sp³-hybridized carbons (Fsp3) is 0.182. The van der Waals surface area contributed by atoms with Crippen LogP contribution in [-0.2, 0) is 0 Å². The number of hydrogen-bond donors (Lipinski definition) is 2. The summed E-state index contributed by atoms with van der Waals surface area (Å²) in [5.41, 5.74) is 1.64. The molecule has 1 atom stereocenters. The fourth-order valence-electron chi connectivity index (χ4n) is 0.894. The van der Waals surface area contributed by atoms with E-state index < -0.39 is 6.10 Å². The highest BCUT2D eigenvalue weighted by Gasteiger charge is 1.89. The van der Waals surface area contributed by atoms with Gasteiger partial charge in [0.2, 0.25) is 0 Å². The van der Waals surface area contributed by atoms with Gasteiger partial charge in [0, 0.05) is 11.8 Å². The lowest BCUT2D eigenvalue weighted by molar-refractivity contribution is 0.253. The van der Waals surface area contributed by atoms with Crippen LogP contribution in [0.15, 0.2) is 24.3 Å². The van der Waals surface area contributed by atoms with Crippen molar-refractivity contribution in [3.8, 4) is 11.8 Å². The first-order valence-electron chi connectivity index (χ1n) is 4.02. The van der Waals surface area contributed by atoms with E-state index in [9.17, 15) is 0 Å². The minimum Gasteiger partial charge on any atom is -0.381 e. The zero-order chi connectivity index (χ0) is 9.68. The van der Waals surface area contributed by atoms with E-state index in [0.717, 1.165) is 11.1 Å². The van der Waals surface area contributed by atoms with Gasteiger partial charge in [0.15, 0.2) is 0 Å². The number of rotatable bonds is 1. The summed E-state index contributed by atoms with van der Waals surface area (Å²) < 4.78 is 0. The molecule has 0 heterocycles. The van der Waals surface area contributed by atoms with Crippen molar-refractivity contribution in [1.82, 2.24) is 0 Å². The number of benzene rings is 1. The lowest BCUT2D eigenvalue weighted by Gasteiger charge is -1.93. The largest absolute Gasteiger partial charge is 0.381 e. The smallest absolute Gasteiger partial charge is 0.112 e. The van der Waals surface area contributed by atoms with Gasteiger partial charge in [-0.1, -0.05) is 24.0 Å². The Labute approximate surface area is 77.7 Å². The Morgan fingerprint density at radius 2 is 2.31 bits per heavy atom. The predicted octanol–water partition coefficient (Wildman–Crippen LogP) is 1.42. The van der Waals surface area contributed by atoms with Crippen LogP contribution in [-0.4, -0.2) is 17.4 Å². The van der Waals surface area contributed by atoms with Gasteiger partial charge in [-0.15, -0.1) is 0 Å². The molecule has 0 aromatic heterocycles. The molecule has 0 aliphatic heterocycles. The SMILES string of the molecule is CC(O)C#Cc1cccc(C=N)c1. The van der Waals surface area contributed by atoms with E-state index in [4.69, 9.17) is 10.5 Å². The lowest BCUT2D eigenvalue weighted by atomic mass is 10.1. The molecule has 2 nitrogen and oxygen atoms in total. The number of nitrogens with one attached hydrogen (secondary N) is 1. The summed E-state index contributed by atoms with van der Waals surface area (Å²) in [6.07, 6.45) is 0.664. The summed E-state index contributed by atoms with van der Waals surface area (Å²) in [4.78, 5) is 0. The van der Waals surface area contributed by atoms with E-state index in [0.29, 0.717) is 0 Å². The van der Waals surface area contributed by atoms with E-state index >= 15 is 0 Å². The van der Waals surface area contributed by atoms with Crippen molar-refractivity contribution in [2.75, 3.05) is 0 Å². The van der Waals surface area contributed by atoms with Gasteiger partial charge < -0.3 is 10.5 Å². The number of aliphatic hydroxyl groups excluding tert-OH is 1. The molecule has 0 aliphatic rings. The van der Waals surface area contributed by atoms with E-state index in [1.165, 1.54) is 6.21 Å². The highest BCUT2D eigenvalue weighted by molar-refractivity contribution is 5.77. The van der Waals surface area contributed by atoms with Crippen LogP contribution < -0.4 is 0 Å². The van der Waals surface area contributed by atoms with Crippen molar-refractivity contribution in [2.45, 2.75) is 13.0 Å². The summed E-state index contributed by atoms with van der Waals surface area (Å²) in [7, 11) is 0. The molecule has 0 saturated carbocycles. The second-order valence-corrected chi connectivity index (χ2v) is 2.72. The van der Waals surface area contributed by atoms with E-state index in [1.54, 1.807) is 6.92 Å². The van der Waals surface area contributed by atoms with Gasteiger partial charge in [-0.2, -0.15) is 0 Å². The average Bonchev–Trinajstić information content (AvgIpc) is 2.15. The Morgan fingerprint density at radius 3 is 2.92 bits per heavy atom. The molecule has 0 fully saturated rings. The quantitative estimate of drug-likeness (QED) is 0.489. The maximum absolute atomic E-state index is 8.92. The Kier molecular flexibility index (Phi) is 3.24. The maximum Gasteiger partial charge on any atom is 0.112 e. The number of aliphatic hydroxyl groups is 1. The van der Waals surface area contributed by atoms with Crippen molar-refractivity contribution in [1.29, 1.82) is 5.41 Å². The second kappa shape index (κ2) is 4.44. The first kappa shape index (κ1) is 9.50. The van der Waals surface area contributed by atoms with Gasteiger partial charge >= 0.3 is 0 Å². The van der Waals surface area contributed by atoms with Crippen LogP contribution in [0.25, 0.3) is 0 Å². The Bertz CT molecular complexity index is 358. The molecule has 0 radical (unpaired) electrons. The molecule has 0 spiro atoms. The minimum atomic E-state index is -0.608. The third-order valence-electron chi connectivity index (χ3n) is 1.48. The second-order valence-electron chi connectivity index (χ2n) is 2.72. The summed E-state index contributed by atoms with van der Waals surface area (Å²) >= 11 is 0. The van der Waals surface area contributed by atoms with Crippen LogP contribution in [0.1, 0.15) is 18.1 Å². The third-order valence-corrected chi connectivity index (χ3v) is 1.48. The molecule has 0 bridgehead atoms. The Hall–Kier alpha value is -1.59. The molecule has 13 heavy (non-hydrogen) atoms. The fourth-order valence-corrected chi connectivity index (χ4v) is 0.894. The molecule has 0 saturated heterocycles. The number of hydrogen-bond acceptors (Lipinski definition) is 2. The summed E-state index contributed by atoms with van der Waals surface area (Å²) in [6.45, 7) is 1.62. The van der Waals surface area contributed by atoms with Gasteiger partial charge in [-0.3, -0.25) is 0 Å². The molecule has 2 heteroatoms. The van der Waals surface area contributed by atoms with Crippen LogP contribution in [0.3, 0.4) is 0 Å². The van der Waals surface area contributed by atoms with Gasteiger partial charge in [0.05, 0.1) is 0 Å². The molecule has 1 rings (SSSR count). The van der Waals surface area contributed by atoms with Crippen LogP contribution in [0, 0.1) is 17.3 Å². The molecule has 66 valence electrons. The summed E-state index contributed by atoms with van der Waals surface area (Å²) in [6, 6.07) is 7.33. The third kappa shape index (κ3) is 3.10. The zero-order valence-corrected chi connectivity index (χ0v) is 7.41. The highest BCUT2D eigenvalue weighted by atomic mass is 16.3. The molecular weight excluding hydrogens is 162 g/mol. The molecule has 2 N–H and O–H groups in total. The predicted molar refractivity (Wildman–Crippen MR) is 52.9 cm³/mol. The van der Waals surface area contributed by atoms with Crippen molar-refractivity contribution >= 4 is 6.21 Å². The van der Waals surface area contributed by atoms with Crippen LogP contribution >= 0.6 is 0 Å². The molecule has 1 aromatic carbocycles. The first-order valence-corrected chi connectivity index (χ1v) is 4.02. The highest BCUT2D eigenvalue weighted by Crippen LogP contribution is 2.01. The summed E-state index contributed by atoms with van der Waals surface area (Å²) in [5.74, 6) is 5.46. The van der Waals surface area contributed by atoms with Crippen LogP contribution in [0.5, 0.6) is 0 Å². The molecule has 0 aliphatic carbocycles. The standard InChI is InChI=1S/C11H11NO/c1-9(13)5-6-10-3-2-4-11(7-10)8-12/h2-4,7-9,12-13H,1H3. The van der Waals surface area contributed by atoms with Crippen molar-refractivity contribution in [3.63, 3.8) is 0 Å². The monoisotopic (exact) mass is 173 g/mol. The van der Waals surface area contributed by atoms with Gasteiger partial charge in [0.1, 0.15) is 6.10 Å². The van der Waals surface area contributed by atoms with Crippen LogP contribution in [0.2, 0.25) is 0 Å². The Morgan fingerprint density at radius 1 is 1.54 bits per heavy atom. The molecule has 1 unspecified atom stereocenters. The van der Waals surface area contributed by atoms with E-state index in [-0.39, 0.29) is 0 Å². The molecule has 0 amide bonds. The lowest BCUT2D eigenvalue weighted by Crippen LogP contribution is -1.92. The first-order chi connectivity index (χ1) is 6.22. The zero-order valence-electron chi connectivity index (χ0n) is 7.41. The topological polar surface area (TPSA) is 44.1 Å². The molecule has 1 aromatic rings. The van der Waals surface area contributed by atoms with Crippen molar-refractivity contribution in [3.05, 3.63) is 35.4 Å². The maximum atomic E-state index is 8.92. The molecular formula is C11H11NO. The van der Waals surface area contributed by atoms with Crippen molar-refractivity contribution in [2.24, 2.45) is 0 Å². The van der Waals surface area contributed by atoms with E-state index in [1.807, 2.05) is 24.3 Å². The van der Waals surface area contributed by atoms with Crippen LogP contribution in [0.4, 0.5) is 0 Å². The average molecular weight is 173 g/mol. The Balaban J connectivity index is 2.91. The minimum absolute atomic E-state index is 0.608. The van der Waals surface area contributed by atoms with Gasteiger partial charge in [-0.05, 0) is 24.6 Å². The van der Waals surface area contributed by atoms with Gasteiger partial charge in [0.25, 0.3) is 0 Å². The summed E-state index contributed by atoms with van der Waals surface area (Å²) in [5, 5.41) is 16.0. The van der Waals surface area contributed by atoms with Crippen molar-refractivity contribution < 1.29 is 5.11 Å².